The molecule has 4 rings (SSSR count). The zero-order valence-electron chi connectivity index (χ0n) is 18.8. The van der Waals surface area contributed by atoms with Gasteiger partial charge in [0.25, 0.3) is 5.91 Å². The number of pyridine rings is 1. The number of aromatic nitrogens is 3. The van der Waals surface area contributed by atoms with Crippen LogP contribution in [0.4, 0.5) is 5.82 Å². The largest absolute Gasteiger partial charge is 0.384 e. The van der Waals surface area contributed by atoms with Gasteiger partial charge >= 0.3 is 0 Å². The normalized spacial score (nSPS) is 11.8. The monoisotopic (exact) mass is 431 g/mol. The molecule has 166 valence electrons. The molecule has 1 amide bonds. The Bertz CT molecular complexity index is 1250. The zero-order chi connectivity index (χ0) is 22.7. The Hall–Kier alpha value is -3.45. The molecule has 2 aromatic heterocycles. The molecular weight excluding hydrogens is 402 g/mol. The maximum Gasteiger partial charge on any atom is 0.251 e. The van der Waals surface area contributed by atoms with E-state index in [4.69, 9.17) is 15.5 Å². The summed E-state index contributed by atoms with van der Waals surface area (Å²) < 4.78 is 7.53. The summed E-state index contributed by atoms with van der Waals surface area (Å²) in [6.45, 7) is 6.00. The Labute approximate surface area is 187 Å². The first-order chi connectivity index (χ1) is 15.4. The molecular formula is C25H29N5O2. The van der Waals surface area contributed by atoms with E-state index in [9.17, 15) is 4.79 Å². The summed E-state index contributed by atoms with van der Waals surface area (Å²) >= 11 is 0. The minimum atomic E-state index is -0.237. The first-order valence-corrected chi connectivity index (χ1v) is 10.7. The van der Waals surface area contributed by atoms with Crippen molar-refractivity contribution in [1.82, 2.24) is 19.9 Å². The first kappa shape index (κ1) is 21.8. The molecule has 0 unspecified atom stereocenters. The highest BCUT2D eigenvalue weighted by Gasteiger charge is 2.25. The third kappa shape index (κ3) is 4.43. The van der Waals surface area contributed by atoms with Crippen LogP contribution in [0, 0.1) is 5.41 Å². The lowest BCUT2D eigenvalue weighted by molar-refractivity contribution is 0.0932. The molecule has 0 aliphatic rings. The molecule has 0 fully saturated rings. The van der Waals surface area contributed by atoms with Crippen LogP contribution in [0.2, 0.25) is 0 Å². The highest BCUT2D eigenvalue weighted by atomic mass is 16.5. The maximum absolute atomic E-state index is 12.6. The molecule has 7 heteroatoms. The van der Waals surface area contributed by atoms with Crippen LogP contribution in [0.25, 0.3) is 21.9 Å². The van der Waals surface area contributed by atoms with Crippen molar-refractivity contribution in [3.8, 4) is 0 Å². The van der Waals surface area contributed by atoms with Gasteiger partial charge in [0.2, 0.25) is 0 Å². The fourth-order valence-electron chi connectivity index (χ4n) is 3.95. The number of para-hydroxylation sites is 1. The second kappa shape index (κ2) is 8.96. The number of carbonyl (C=O) groups excluding carboxylic acids is 1. The van der Waals surface area contributed by atoms with E-state index in [2.05, 4.69) is 28.7 Å². The summed E-state index contributed by atoms with van der Waals surface area (Å²) in [5.74, 6) is 1.24. The number of carbonyl (C=O) groups is 1. The topological polar surface area (TPSA) is 95.1 Å². The molecule has 0 aliphatic heterocycles. The van der Waals surface area contributed by atoms with Crippen molar-refractivity contribution in [2.45, 2.75) is 26.8 Å². The number of methoxy groups -OCH3 is 1. The standard InChI is InChI=1S/C25H29N5O2/c1-25(2,15-27-24(31)17-9-5-4-6-10-17)16-30-20(13-14-32-3)29-21-22(30)18-11-7-8-12-19(18)28-23(21)26/h4-12H,13-16H2,1-3H3,(H2,26,28)(H,27,31). The van der Waals surface area contributed by atoms with Gasteiger partial charge in [-0.05, 0) is 18.2 Å². The Morgan fingerprint density at radius 3 is 2.56 bits per heavy atom. The van der Waals surface area contributed by atoms with E-state index in [1.807, 2.05) is 54.6 Å². The number of nitrogens with zero attached hydrogens (tertiary/aromatic N) is 3. The Kier molecular flexibility index (Phi) is 6.10. The quantitative estimate of drug-likeness (QED) is 0.442. The van der Waals surface area contributed by atoms with Crippen molar-refractivity contribution in [2.24, 2.45) is 5.41 Å². The second-order valence-electron chi connectivity index (χ2n) is 8.78. The summed E-state index contributed by atoms with van der Waals surface area (Å²) in [6, 6.07) is 17.2. The van der Waals surface area contributed by atoms with Gasteiger partial charge in [0.05, 0.1) is 17.6 Å². The molecule has 3 N–H and O–H groups in total. The van der Waals surface area contributed by atoms with Gasteiger partial charge < -0.3 is 20.4 Å². The minimum Gasteiger partial charge on any atom is -0.384 e. The van der Waals surface area contributed by atoms with Crippen LogP contribution < -0.4 is 11.1 Å². The number of nitrogen functional groups attached to an aromatic ring is 1. The smallest absolute Gasteiger partial charge is 0.251 e. The van der Waals surface area contributed by atoms with Gasteiger partial charge in [0.1, 0.15) is 11.3 Å². The number of anilines is 1. The lowest BCUT2D eigenvalue weighted by Crippen LogP contribution is -2.37. The zero-order valence-corrected chi connectivity index (χ0v) is 18.8. The van der Waals surface area contributed by atoms with Crippen molar-refractivity contribution in [1.29, 1.82) is 0 Å². The van der Waals surface area contributed by atoms with E-state index in [0.717, 1.165) is 22.2 Å². The van der Waals surface area contributed by atoms with Crippen molar-refractivity contribution in [3.63, 3.8) is 0 Å². The lowest BCUT2D eigenvalue weighted by atomic mass is 9.92. The molecule has 32 heavy (non-hydrogen) atoms. The Morgan fingerprint density at radius 2 is 1.81 bits per heavy atom. The van der Waals surface area contributed by atoms with Crippen LogP contribution in [-0.2, 0) is 17.7 Å². The number of hydrogen-bond donors (Lipinski definition) is 2. The fourth-order valence-corrected chi connectivity index (χ4v) is 3.95. The van der Waals surface area contributed by atoms with E-state index in [1.54, 1.807) is 7.11 Å². The van der Waals surface area contributed by atoms with Crippen molar-refractivity contribution in [2.75, 3.05) is 26.0 Å². The molecule has 0 saturated carbocycles. The summed E-state index contributed by atoms with van der Waals surface area (Å²) in [5.41, 5.74) is 9.22. The summed E-state index contributed by atoms with van der Waals surface area (Å²) in [6.07, 6.45) is 0.658. The number of fused-ring (bicyclic) bond motifs is 3. The number of hydrogen-bond acceptors (Lipinski definition) is 5. The van der Waals surface area contributed by atoms with Crippen LogP contribution >= 0.6 is 0 Å². The number of ether oxygens (including phenoxy) is 1. The van der Waals surface area contributed by atoms with Gasteiger partial charge in [-0.3, -0.25) is 4.79 Å². The molecule has 2 aromatic carbocycles. The van der Waals surface area contributed by atoms with Gasteiger partial charge in [-0.2, -0.15) is 0 Å². The Morgan fingerprint density at radius 1 is 1.09 bits per heavy atom. The molecule has 0 atom stereocenters. The van der Waals surface area contributed by atoms with Crippen molar-refractivity contribution < 1.29 is 9.53 Å². The maximum atomic E-state index is 12.6. The number of amides is 1. The van der Waals surface area contributed by atoms with Crippen LogP contribution in [0.3, 0.4) is 0 Å². The van der Waals surface area contributed by atoms with Gasteiger partial charge in [-0.1, -0.05) is 50.2 Å². The van der Waals surface area contributed by atoms with E-state index in [-0.39, 0.29) is 11.3 Å². The molecule has 0 bridgehead atoms. The third-order valence-electron chi connectivity index (χ3n) is 5.57. The van der Waals surface area contributed by atoms with E-state index in [0.29, 0.717) is 43.0 Å². The average molecular weight is 432 g/mol. The summed E-state index contributed by atoms with van der Waals surface area (Å²) in [7, 11) is 1.68. The average Bonchev–Trinajstić information content (AvgIpc) is 3.15. The van der Waals surface area contributed by atoms with Gasteiger partial charge in [-0.15, -0.1) is 0 Å². The van der Waals surface area contributed by atoms with Crippen LogP contribution in [-0.4, -0.2) is 40.7 Å². The first-order valence-electron chi connectivity index (χ1n) is 10.7. The number of nitrogens with one attached hydrogen (secondary N) is 1. The van der Waals surface area contributed by atoms with Gasteiger partial charge in [0, 0.05) is 43.0 Å². The summed E-state index contributed by atoms with van der Waals surface area (Å²) in [5, 5.41) is 4.09. The third-order valence-corrected chi connectivity index (χ3v) is 5.57. The Balaban J connectivity index is 1.69. The highest BCUT2D eigenvalue weighted by molar-refractivity contribution is 6.06. The van der Waals surface area contributed by atoms with Gasteiger partial charge in [-0.25, -0.2) is 9.97 Å². The van der Waals surface area contributed by atoms with Crippen molar-refractivity contribution >= 4 is 33.7 Å². The predicted octanol–water partition coefficient (Wildman–Crippen LogP) is 3.81. The second-order valence-corrected chi connectivity index (χ2v) is 8.78. The highest BCUT2D eigenvalue weighted by Crippen LogP contribution is 2.31. The fraction of sp³-hybridized carbons (Fsp3) is 0.320. The van der Waals surface area contributed by atoms with Crippen LogP contribution in [0.1, 0.15) is 30.0 Å². The SMILES string of the molecule is COCCc1nc2c(N)nc3ccccc3c2n1CC(C)(C)CNC(=O)c1ccccc1. The molecule has 7 nitrogen and oxygen atoms in total. The van der Waals surface area contributed by atoms with Crippen LogP contribution in [0.15, 0.2) is 54.6 Å². The van der Waals surface area contributed by atoms with E-state index >= 15 is 0 Å². The van der Waals surface area contributed by atoms with E-state index in [1.165, 1.54) is 0 Å². The lowest BCUT2D eigenvalue weighted by Gasteiger charge is -2.27. The van der Waals surface area contributed by atoms with Gasteiger partial charge in [0.15, 0.2) is 5.82 Å². The van der Waals surface area contributed by atoms with Crippen molar-refractivity contribution in [3.05, 3.63) is 66.0 Å². The minimum absolute atomic E-state index is 0.0762. The number of benzene rings is 2. The number of nitrogens with two attached hydrogens (primary N) is 1. The molecule has 0 saturated heterocycles. The number of imidazole rings is 1. The molecule has 0 aliphatic carbocycles. The molecule has 0 spiro atoms. The molecule has 4 aromatic rings. The predicted molar refractivity (Wildman–Crippen MR) is 128 cm³/mol. The van der Waals surface area contributed by atoms with Crippen LogP contribution in [0.5, 0.6) is 0 Å². The number of rotatable bonds is 8. The molecule has 2 heterocycles. The summed E-state index contributed by atoms with van der Waals surface area (Å²) in [4.78, 5) is 21.9. The van der Waals surface area contributed by atoms with E-state index < -0.39 is 0 Å². The molecule has 0 radical (unpaired) electrons.